The van der Waals surface area contributed by atoms with Gasteiger partial charge in [-0.05, 0) is 31.1 Å². The van der Waals surface area contributed by atoms with Crippen LogP contribution in [0, 0.1) is 11.3 Å². The lowest BCUT2D eigenvalue weighted by Crippen LogP contribution is -2.42. The first-order chi connectivity index (χ1) is 5.01. The van der Waals surface area contributed by atoms with E-state index in [1.54, 1.807) is 0 Å². The van der Waals surface area contributed by atoms with Crippen molar-refractivity contribution in [3.8, 4) is 0 Å². The summed E-state index contributed by atoms with van der Waals surface area (Å²) in [5, 5.41) is 0. The van der Waals surface area contributed by atoms with Crippen molar-refractivity contribution in [1.29, 1.82) is 0 Å². The topological polar surface area (TPSA) is 26.0 Å². The molecule has 0 saturated heterocycles. The molecule has 0 aliphatic heterocycles. The third-order valence-corrected chi connectivity index (χ3v) is 3.37. The summed E-state index contributed by atoms with van der Waals surface area (Å²) in [7, 11) is 0. The molecule has 0 radical (unpaired) electrons. The highest BCUT2D eigenvalue weighted by atomic mass is 14.7. The van der Waals surface area contributed by atoms with Gasteiger partial charge in [-0.25, -0.2) is 0 Å². The molecule has 0 spiro atoms. The van der Waals surface area contributed by atoms with Gasteiger partial charge in [-0.1, -0.05) is 27.7 Å². The van der Waals surface area contributed by atoms with E-state index in [0.29, 0.717) is 17.4 Å². The Morgan fingerprint density at radius 1 is 1.09 bits per heavy atom. The van der Waals surface area contributed by atoms with Crippen molar-refractivity contribution in [3.63, 3.8) is 0 Å². The van der Waals surface area contributed by atoms with Crippen LogP contribution in [0.25, 0.3) is 0 Å². The van der Waals surface area contributed by atoms with Gasteiger partial charge < -0.3 is 5.73 Å². The van der Waals surface area contributed by atoms with Crippen molar-refractivity contribution in [3.05, 3.63) is 0 Å². The molecule has 0 heterocycles. The Kier molecular flexibility index (Phi) is 4.09. The van der Waals surface area contributed by atoms with Crippen LogP contribution in [0.2, 0.25) is 0 Å². The summed E-state index contributed by atoms with van der Waals surface area (Å²) < 4.78 is 0. The van der Waals surface area contributed by atoms with Gasteiger partial charge in [0.15, 0.2) is 0 Å². The Balaban J connectivity index is 4.46. The molecule has 0 aliphatic carbocycles. The fourth-order valence-electron chi connectivity index (χ4n) is 2.24. The largest absolute Gasteiger partial charge is 0.327 e. The molecule has 0 saturated carbocycles. The van der Waals surface area contributed by atoms with Crippen molar-refractivity contribution in [1.82, 2.24) is 0 Å². The van der Waals surface area contributed by atoms with E-state index >= 15 is 0 Å². The van der Waals surface area contributed by atoms with E-state index in [9.17, 15) is 0 Å². The number of rotatable bonds is 4. The summed E-state index contributed by atoms with van der Waals surface area (Å²) in [5.41, 5.74) is 6.35. The lowest BCUT2D eigenvalue weighted by molar-refractivity contribution is 0.135. The van der Waals surface area contributed by atoms with E-state index in [1.165, 1.54) is 12.8 Å². The van der Waals surface area contributed by atoms with E-state index in [4.69, 9.17) is 5.73 Å². The lowest BCUT2D eigenvalue weighted by atomic mass is 9.68. The molecule has 68 valence electrons. The zero-order valence-electron chi connectivity index (χ0n) is 8.65. The van der Waals surface area contributed by atoms with Crippen LogP contribution in [0.4, 0.5) is 0 Å². The normalized spacial score (nSPS) is 15.5. The Bertz CT molecular complexity index is 91.4. The Hall–Kier alpha value is -0.0400. The summed E-state index contributed by atoms with van der Waals surface area (Å²) in [4.78, 5) is 0. The maximum Gasteiger partial charge on any atom is 0.00692 e. The van der Waals surface area contributed by atoms with Crippen LogP contribution in [-0.4, -0.2) is 6.04 Å². The molecular formula is C10H23N. The van der Waals surface area contributed by atoms with Gasteiger partial charge in [0.2, 0.25) is 0 Å². The van der Waals surface area contributed by atoms with E-state index in [1.807, 2.05) is 0 Å². The van der Waals surface area contributed by atoms with Crippen molar-refractivity contribution < 1.29 is 0 Å². The molecule has 1 nitrogen and oxygen atoms in total. The molecular weight excluding hydrogens is 134 g/mol. The van der Waals surface area contributed by atoms with Crippen molar-refractivity contribution in [2.45, 2.75) is 53.5 Å². The second kappa shape index (κ2) is 4.10. The van der Waals surface area contributed by atoms with Gasteiger partial charge in [0.1, 0.15) is 0 Å². The molecule has 0 aromatic rings. The molecule has 1 atom stereocenters. The molecule has 0 amide bonds. The zero-order valence-corrected chi connectivity index (χ0v) is 8.65. The van der Waals surface area contributed by atoms with Gasteiger partial charge in [0.25, 0.3) is 0 Å². The number of nitrogens with two attached hydrogens (primary N) is 1. The van der Waals surface area contributed by atoms with Gasteiger partial charge >= 0.3 is 0 Å². The van der Waals surface area contributed by atoms with E-state index in [2.05, 4.69) is 34.6 Å². The Labute approximate surface area is 71.4 Å². The smallest absolute Gasteiger partial charge is 0.00692 e. The summed E-state index contributed by atoms with van der Waals surface area (Å²) in [6, 6.07) is 0.317. The number of hydrogen-bond acceptors (Lipinski definition) is 1. The highest BCUT2D eigenvalue weighted by Gasteiger charge is 2.33. The van der Waals surface area contributed by atoms with Crippen LogP contribution in [0.3, 0.4) is 0 Å². The molecule has 0 rings (SSSR count). The van der Waals surface area contributed by atoms with Crippen LogP contribution in [-0.2, 0) is 0 Å². The van der Waals surface area contributed by atoms with Crippen LogP contribution in [0.15, 0.2) is 0 Å². The van der Waals surface area contributed by atoms with Crippen molar-refractivity contribution in [2.24, 2.45) is 17.1 Å². The molecule has 0 aliphatic rings. The minimum atomic E-state index is 0.317. The molecule has 0 aromatic carbocycles. The third kappa shape index (κ3) is 1.96. The highest BCUT2D eigenvalue weighted by molar-refractivity contribution is 4.86. The molecule has 1 unspecified atom stereocenters. The first-order valence-corrected chi connectivity index (χ1v) is 4.76. The van der Waals surface area contributed by atoms with Crippen LogP contribution >= 0.6 is 0 Å². The minimum absolute atomic E-state index is 0.317. The molecule has 1 heteroatoms. The van der Waals surface area contributed by atoms with Crippen LogP contribution in [0.5, 0.6) is 0 Å². The minimum Gasteiger partial charge on any atom is -0.327 e. The fourth-order valence-corrected chi connectivity index (χ4v) is 2.24. The Morgan fingerprint density at radius 2 is 1.45 bits per heavy atom. The second-order valence-electron chi connectivity index (χ2n) is 3.88. The summed E-state index contributed by atoms with van der Waals surface area (Å²) in [6.07, 6.45) is 2.39. The molecule has 0 fully saturated rings. The van der Waals surface area contributed by atoms with Gasteiger partial charge in [-0.3, -0.25) is 0 Å². The maximum absolute atomic E-state index is 5.99. The summed E-state index contributed by atoms with van der Waals surface area (Å²) >= 11 is 0. The number of hydrogen-bond donors (Lipinski definition) is 1. The molecule has 2 N–H and O–H groups in total. The molecule has 0 bridgehead atoms. The van der Waals surface area contributed by atoms with E-state index in [0.717, 1.165) is 0 Å². The standard InChI is InChI=1S/C10H23N/c1-6-10(7-2,8(3)4)9(5)11/h8-9H,6-7,11H2,1-5H3. The molecule has 11 heavy (non-hydrogen) atoms. The van der Waals surface area contributed by atoms with Crippen molar-refractivity contribution in [2.75, 3.05) is 0 Å². The second-order valence-corrected chi connectivity index (χ2v) is 3.88. The summed E-state index contributed by atoms with van der Waals surface area (Å²) in [6.45, 7) is 11.2. The molecule has 0 aromatic heterocycles. The monoisotopic (exact) mass is 157 g/mol. The first-order valence-electron chi connectivity index (χ1n) is 4.76. The zero-order chi connectivity index (χ0) is 9.07. The van der Waals surface area contributed by atoms with Gasteiger partial charge in [-0.2, -0.15) is 0 Å². The maximum atomic E-state index is 5.99. The first kappa shape index (κ1) is 11.0. The van der Waals surface area contributed by atoms with Gasteiger partial charge in [0, 0.05) is 6.04 Å². The van der Waals surface area contributed by atoms with Crippen molar-refractivity contribution >= 4 is 0 Å². The lowest BCUT2D eigenvalue weighted by Gasteiger charge is -2.39. The van der Waals surface area contributed by atoms with Crippen LogP contribution in [0.1, 0.15) is 47.5 Å². The van der Waals surface area contributed by atoms with Gasteiger partial charge in [0.05, 0.1) is 0 Å². The average molecular weight is 157 g/mol. The third-order valence-electron chi connectivity index (χ3n) is 3.37. The van der Waals surface area contributed by atoms with E-state index in [-0.39, 0.29) is 0 Å². The van der Waals surface area contributed by atoms with Gasteiger partial charge in [-0.15, -0.1) is 0 Å². The fraction of sp³-hybridized carbons (Fsp3) is 1.00. The Morgan fingerprint density at radius 3 is 1.45 bits per heavy atom. The average Bonchev–Trinajstić information content (AvgIpc) is 1.90. The highest BCUT2D eigenvalue weighted by Crippen LogP contribution is 2.37. The predicted molar refractivity (Wildman–Crippen MR) is 51.5 cm³/mol. The van der Waals surface area contributed by atoms with E-state index < -0.39 is 0 Å². The quantitative estimate of drug-likeness (QED) is 0.667. The SMILES string of the molecule is CCC(CC)(C(C)C)C(C)N. The van der Waals surface area contributed by atoms with Crippen LogP contribution < -0.4 is 5.73 Å². The summed E-state index contributed by atoms with van der Waals surface area (Å²) in [5.74, 6) is 0.692. The predicted octanol–water partition coefficient (Wildman–Crippen LogP) is 2.80.